The molecule has 0 unspecified atom stereocenters. The van der Waals surface area contributed by atoms with Crippen LogP contribution in [0.25, 0.3) is 0 Å². The molecular formula is C10H10BrNO2. The first-order chi connectivity index (χ1) is 6.65. The molecule has 1 atom stereocenters. The van der Waals surface area contributed by atoms with Crippen molar-refractivity contribution < 1.29 is 9.84 Å². The summed E-state index contributed by atoms with van der Waals surface area (Å²) < 4.78 is 6.03. The van der Waals surface area contributed by atoms with Gasteiger partial charge in [-0.05, 0) is 25.1 Å². The zero-order valence-electron chi connectivity index (χ0n) is 7.70. The molecule has 0 amide bonds. The van der Waals surface area contributed by atoms with Gasteiger partial charge >= 0.3 is 0 Å². The number of ether oxygens (including phenoxy) is 1. The van der Waals surface area contributed by atoms with Crippen molar-refractivity contribution in [3.63, 3.8) is 0 Å². The number of aliphatic hydroxyl groups excluding tert-OH is 1. The minimum atomic E-state index is -0.610. The third-order valence-electron chi connectivity index (χ3n) is 1.71. The molecule has 0 aliphatic rings. The lowest BCUT2D eigenvalue weighted by Gasteiger charge is -2.11. The SMILES string of the molecule is C[C@@H](O)c1cc(Br)ccc1OCC#N. The van der Waals surface area contributed by atoms with Crippen molar-refractivity contribution in [2.45, 2.75) is 13.0 Å². The molecule has 1 rings (SSSR count). The van der Waals surface area contributed by atoms with E-state index < -0.39 is 6.10 Å². The van der Waals surface area contributed by atoms with Gasteiger partial charge in [-0.2, -0.15) is 5.26 Å². The van der Waals surface area contributed by atoms with E-state index in [2.05, 4.69) is 15.9 Å². The first-order valence-corrected chi connectivity index (χ1v) is 4.91. The maximum absolute atomic E-state index is 9.44. The maximum Gasteiger partial charge on any atom is 0.174 e. The van der Waals surface area contributed by atoms with E-state index in [-0.39, 0.29) is 6.61 Å². The lowest BCUT2D eigenvalue weighted by Crippen LogP contribution is -2.00. The molecule has 14 heavy (non-hydrogen) atoms. The fraction of sp³-hybridized carbons (Fsp3) is 0.300. The summed E-state index contributed by atoms with van der Waals surface area (Å²) in [5.41, 5.74) is 0.676. The highest BCUT2D eigenvalue weighted by Gasteiger charge is 2.09. The van der Waals surface area contributed by atoms with E-state index >= 15 is 0 Å². The summed E-state index contributed by atoms with van der Waals surface area (Å²) in [5.74, 6) is 0.546. The second-order valence-electron chi connectivity index (χ2n) is 2.80. The van der Waals surface area contributed by atoms with Crippen LogP contribution in [-0.2, 0) is 0 Å². The lowest BCUT2D eigenvalue weighted by atomic mass is 10.1. The number of hydrogen-bond donors (Lipinski definition) is 1. The van der Waals surface area contributed by atoms with Crippen LogP contribution in [0, 0.1) is 11.3 Å². The van der Waals surface area contributed by atoms with Crippen molar-refractivity contribution in [3.05, 3.63) is 28.2 Å². The molecule has 1 N–H and O–H groups in total. The van der Waals surface area contributed by atoms with Gasteiger partial charge in [0.15, 0.2) is 6.61 Å². The van der Waals surface area contributed by atoms with Crippen molar-refractivity contribution in [1.82, 2.24) is 0 Å². The Morgan fingerprint density at radius 1 is 1.64 bits per heavy atom. The molecule has 0 heterocycles. The van der Waals surface area contributed by atoms with Gasteiger partial charge in [-0.1, -0.05) is 15.9 Å². The first kappa shape index (κ1) is 11.0. The van der Waals surface area contributed by atoms with E-state index in [1.54, 1.807) is 25.1 Å². The van der Waals surface area contributed by atoms with Crippen LogP contribution in [-0.4, -0.2) is 11.7 Å². The largest absolute Gasteiger partial charge is 0.478 e. The van der Waals surface area contributed by atoms with E-state index in [0.29, 0.717) is 11.3 Å². The van der Waals surface area contributed by atoms with Crippen LogP contribution in [0.4, 0.5) is 0 Å². The minimum Gasteiger partial charge on any atom is -0.478 e. The van der Waals surface area contributed by atoms with Crippen molar-refractivity contribution in [2.24, 2.45) is 0 Å². The van der Waals surface area contributed by atoms with E-state index in [1.807, 2.05) is 6.07 Å². The van der Waals surface area contributed by atoms with Gasteiger partial charge in [-0.25, -0.2) is 0 Å². The topological polar surface area (TPSA) is 53.2 Å². The average Bonchev–Trinajstić information content (AvgIpc) is 2.15. The van der Waals surface area contributed by atoms with E-state index in [4.69, 9.17) is 10.00 Å². The van der Waals surface area contributed by atoms with Crippen molar-refractivity contribution in [1.29, 1.82) is 5.26 Å². The molecule has 0 saturated heterocycles. The summed E-state index contributed by atoms with van der Waals surface area (Å²) >= 11 is 3.30. The van der Waals surface area contributed by atoms with Crippen LogP contribution in [0.5, 0.6) is 5.75 Å². The molecule has 1 aromatic rings. The summed E-state index contributed by atoms with van der Waals surface area (Å²) in [6.07, 6.45) is -0.610. The summed E-state index contributed by atoms with van der Waals surface area (Å²) in [5, 5.41) is 17.8. The Balaban J connectivity index is 2.97. The van der Waals surface area contributed by atoms with Gasteiger partial charge in [0, 0.05) is 10.0 Å². The van der Waals surface area contributed by atoms with Crippen molar-refractivity contribution >= 4 is 15.9 Å². The predicted molar refractivity (Wildman–Crippen MR) is 55.9 cm³/mol. The summed E-state index contributed by atoms with van der Waals surface area (Å²) in [4.78, 5) is 0. The van der Waals surface area contributed by atoms with Crippen LogP contribution < -0.4 is 4.74 Å². The Morgan fingerprint density at radius 2 is 2.36 bits per heavy atom. The molecule has 0 aliphatic carbocycles. The highest BCUT2D eigenvalue weighted by atomic mass is 79.9. The molecule has 1 aromatic carbocycles. The lowest BCUT2D eigenvalue weighted by molar-refractivity contribution is 0.193. The Bertz CT molecular complexity index is 358. The Kier molecular flexibility index (Phi) is 3.93. The number of nitriles is 1. The van der Waals surface area contributed by atoms with Crippen LogP contribution in [0.2, 0.25) is 0 Å². The number of hydrogen-bond acceptors (Lipinski definition) is 3. The van der Waals surface area contributed by atoms with E-state index in [0.717, 1.165) is 4.47 Å². The van der Waals surface area contributed by atoms with Gasteiger partial charge in [0.25, 0.3) is 0 Å². The number of benzene rings is 1. The zero-order chi connectivity index (χ0) is 10.6. The Hall–Kier alpha value is -1.05. The smallest absolute Gasteiger partial charge is 0.174 e. The summed E-state index contributed by atoms with van der Waals surface area (Å²) in [6, 6.07) is 7.19. The monoisotopic (exact) mass is 255 g/mol. The third-order valence-corrected chi connectivity index (χ3v) is 2.21. The molecule has 74 valence electrons. The quantitative estimate of drug-likeness (QED) is 0.903. The fourth-order valence-electron chi connectivity index (χ4n) is 1.09. The molecule has 0 spiro atoms. The highest BCUT2D eigenvalue weighted by molar-refractivity contribution is 9.10. The van der Waals surface area contributed by atoms with Gasteiger partial charge in [0.05, 0.1) is 6.10 Å². The van der Waals surface area contributed by atoms with Crippen LogP contribution in [0.15, 0.2) is 22.7 Å². The van der Waals surface area contributed by atoms with Gasteiger partial charge in [-0.15, -0.1) is 0 Å². The number of nitrogens with zero attached hydrogens (tertiary/aromatic N) is 1. The van der Waals surface area contributed by atoms with Gasteiger partial charge < -0.3 is 9.84 Å². The molecule has 0 aromatic heterocycles. The van der Waals surface area contributed by atoms with E-state index in [1.165, 1.54) is 0 Å². The molecule has 0 bridgehead atoms. The van der Waals surface area contributed by atoms with Gasteiger partial charge in [0.2, 0.25) is 0 Å². The van der Waals surface area contributed by atoms with Crippen molar-refractivity contribution in [3.8, 4) is 11.8 Å². The standard InChI is InChI=1S/C10H10BrNO2/c1-7(13)9-6-8(11)2-3-10(9)14-5-4-12/h2-3,6-7,13H,5H2,1H3/t7-/m1/s1. The zero-order valence-corrected chi connectivity index (χ0v) is 9.28. The fourth-order valence-corrected chi connectivity index (χ4v) is 1.47. The highest BCUT2D eigenvalue weighted by Crippen LogP contribution is 2.28. The van der Waals surface area contributed by atoms with Crippen molar-refractivity contribution in [2.75, 3.05) is 6.61 Å². The maximum atomic E-state index is 9.44. The number of aliphatic hydroxyl groups is 1. The van der Waals surface area contributed by atoms with Crippen LogP contribution in [0.3, 0.4) is 0 Å². The second-order valence-corrected chi connectivity index (χ2v) is 3.72. The summed E-state index contributed by atoms with van der Waals surface area (Å²) in [6.45, 7) is 1.64. The average molecular weight is 256 g/mol. The van der Waals surface area contributed by atoms with Gasteiger partial charge in [0.1, 0.15) is 11.8 Å². The number of rotatable bonds is 3. The van der Waals surface area contributed by atoms with Gasteiger partial charge in [-0.3, -0.25) is 0 Å². The third kappa shape index (κ3) is 2.72. The summed E-state index contributed by atoms with van der Waals surface area (Å²) in [7, 11) is 0. The Morgan fingerprint density at radius 3 is 2.93 bits per heavy atom. The molecule has 0 fully saturated rings. The molecular weight excluding hydrogens is 246 g/mol. The normalized spacial score (nSPS) is 11.9. The first-order valence-electron chi connectivity index (χ1n) is 4.12. The number of halogens is 1. The molecule has 0 aliphatic heterocycles. The molecule has 4 heteroatoms. The van der Waals surface area contributed by atoms with Crippen LogP contribution >= 0.6 is 15.9 Å². The molecule has 0 radical (unpaired) electrons. The van der Waals surface area contributed by atoms with Crippen LogP contribution in [0.1, 0.15) is 18.6 Å². The molecule has 0 saturated carbocycles. The minimum absolute atomic E-state index is 0.0125. The molecule has 3 nitrogen and oxygen atoms in total. The second kappa shape index (κ2) is 4.99. The van der Waals surface area contributed by atoms with E-state index in [9.17, 15) is 5.11 Å². The Labute approximate surface area is 91.1 Å². The predicted octanol–water partition coefficient (Wildman–Crippen LogP) is 2.40.